The zero-order valence-corrected chi connectivity index (χ0v) is 18.9. The minimum Gasteiger partial charge on any atom is -0.393 e. The Kier molecular flexibility index (Phi) is 7.29. The van der Waals surface area contributed by atoms with Gasteiger partial charge in [-0.25, -0.2) is 8.78 Å². The minimum absolute atomic E-state index is 0.0671. The van der Waals surface area contributed by atoms with Gasteiger partial charge < -0.3 is 15.0 Å². The molecule has 6 heteroatoms. The Bertz CT molecular complexity index is 950. The fraction of sp³-hybridized carbons (Fsp3) is 0.577. The third-order valence-corrected chi connectivity index (χ3v) is 7.37. The summed E-state index contributed by atoms with van der Waals surface area (Å²) in [5, 5.41) is 13.2. The molecule has 1 aromatic carbocycles. The molecule has 2 fully saturated rings. The first-order valence-electron chi connectivity index (χ1n) is 12.1. The smallest absolute Gasteiger partial charge is 0.253 e. The van der Waals surface area contributed by atoms with Crippen LogP contribution in [0, 0.1) is 30.4 Å². The van der Waals surface area contributed by atoms with Crippen LogP contribution in [0.5, 0.6) is 0 Å². The highest BCUT2D eigenvalue weighted by Gasteiger charge is 2.26. The summed E-state index contributed by atoms with van der Waals surface area (Å²) >= 11 is 0. The SMILES string of the molecule is Cc1c(C(=O)NCC2CCCCC2O)cc(-c2cc(F)ccc2F)n1CC1CCCCC1. The molecule has 2 atom stereocenters. The van der Waals surface area contributed by atoms with Gasteiger partial charge in [-0.05, 0) is 62.8 Å². The van der Waals surface area contributed by atoms with Gasteiger partial charge in [0.1, 0.15) is 11.6 Å². The van der Waals surface area contributed by atoms with Gasteiger partial charge in [-0.2, -0.15) is 0 Å². The molecule has 2 saturated carbocycles. The monoisotopic (exact) mass is 444 g/mol. The molecule has 0 aliphatic heterocycles. The van der Waals surface area contributed by atoms with Crippen LogP contribution in [0.1, 0.15) is 73.8 Å². The van der Waals surface area contributed by atoms with Crippen molar-refractivity contribution >= 4 is 5.91 Å². The number of nitrogens with one attached hydrogen (secondary N) is 1. The lowest BCUT2D eigenvalue weighted by Gasteiger charge is -2.27. The Morgan fingerprint density at radius 3 is 2.53 bits per heavy atom. The molecule has 2 aromatic rings. The van der Waals surface area contributed by atoms with Crippen LogP contribution in [-0.2, 0) is 6.54 Å². The van der Waals surface area contributed by atoms with Gasteiger partial charge in [-0.3, -0.25) is 4.79 Å². The van der Waals surface area contributed by atoms with E-state index in [-0.39, 0.29) is 23.5 Å². The van der Waals surface area contributed by atoms with Crippen molar-refractivity contribution in [2.24, 2.45) is 11.8 Å². The molecule has 1 aromatic heterocycles. The van der Waals surface area contributed by atoms with Gasteiger partial charge in [-0.1, -0.05) is 32.1 Å². The van der Waals surface area contributed by atoms with Gasteiger partial charge in [0.25, 0.3) is 5.91 Å². The molecular formula is C26H34F2N2O2. The number of aromatic nitrogens is 1. The van der Waals surface area contributed by atoms with Crippen LogP contribution >= 0.6 is 0 Å². The first-order chi connectivity index (χ1) is 15.4. The molecule has 0 bridgehead atoms. The van der Waals surface area contributed by atoms with E-state index in [0.717, 1.165) is 56.4 Å². The maximum atomic E-state index is 14.7. The Labute approximate surface area is 189 Å². The summed E-state index contributed by atoms with van der Waals surface area (Å²) in [6.45, 7) is 3.01. The Hall–Kier alpha value is -2.21. The third kappa shape index (κ3) is 5.06. The van der Waals surface area contributed by atoms with Crippen LogP contribution in [0.15, 0.2) is 24.3 Å². The molecule has 2 N–H and O–H groups in total. The topological polar surface area (TPSA) is 54.3 Å². The van der Waals surface area contributed by atoms with E-state index in [9.17, 15) is 18.7 Å². The number of carbonyl (C=O) groups excluding carboxylic acids is 1. The van der Waals surface area contributed by atoms with Crippen molar-refractivity contribution in [3.63, 3.8) is 0 Å². The van der Waals surface area contributed by atoms with Gasteiger partial charge >= 0.3 is 0 Å². The number of aliphatic hydroxyl groups excluding tert-OH is 1. The number of nitrogens with zero attached hydrogens (tertiary/aromatic N) is 1. The summed E-state index contributed by atoms with van der Waals surface area (Å²) in [6, 6.07) is 5.16. The van der Waals surface area contributed by atoms with Crippen molar-refractivity contribution in [1.82, 2.24) is 9.88 Å². The van der Waals surface area contributed by atoms with E-state index >= 15 is 0 Å². The first kappa shape index (κ1) is 23.0. The summed E-state index contributed by atoms with van der Waals surface area (Å²) < 4.78 is 30.7. The Morgan fingerprint density at radius 2 is 1.78 bits per heavy atom. The average molecular weight is 445 g/mol. The molecule has 2 aliphatic rings. The summed E-state index contributed by atoms with van der Waals surface area (Å²) in [7, 11) is 0. The predicted molar refractivity (Wildman–Crippen MR) is 121 cm³/mol. The van der Waals surface area contributed by atoms with E-state index in [1.165, 1.54) is 25.3 Å². The molecular weight excluding hydrogens is 410 g/mol. The highest BCUT2D eigenvalue weighted by molar-refractivity contribution is 5.97. The molecule has 1 amide bonds. The van der Waals surface area contributed by atoms with Gasteiger partial charge in [-0.15, -0.1) is 0 Å². The van der Waals surface area contributed by atoms with Crippen molar-refractivity contribution in [2.75, 3.05) is 6.54 Å². The van der Waals surface area contributed by atoms with Gasteiger partial charge in [0.2, 0.25) is 0 Å². The molecule has 0 spiro atoms. The molecule has 4 nitrogen and oxygen atoms in total. The molecule has 2 unspecified atom stereocenters. The van der Waals surface area contributed by atoms with Crippen LogP contribution in [0.25, 0.3) is 11.3 Å². The first-order valence-corrected chi connectivity index (χ1v) is 12.1. The van der Waals surface area contributed by atoms with E-state index in [4.69, 9.17) is 0 Å². The number of amides is 1. The summed E-state index contributed by atoms with van der Waals surface area (Å²) in [5.74, 6) is -0.676. The fourth-order valence-electron chi connectivity index (χ4n) is 5.40. The van der Waals surface area contributed by atoms with Crippen LogP contribution in [0.4, 0.5) is 8.78 Å². The largest absolute Gasteiger partial charge is 0.393 e. The van der Waals surface area contributed by atoms with Crippen molar-refractivity contribution < 1.29 is 18.7 Å². The normalized spacial score (nSPS) is 22.1. The molecule has 32 heavy (non-hydrogen) atoms. The maximum absolute atomic E-state index is 14.7. The van der Waals surface area contributed by atoms with Gasteiger partial charge in [0, 0.05) is 30.3 Å². The molecule has 1 heterocycles. The lowest BCUT2D eigenvalue weighted by atomic mass is 9.86. The second kappa shape index (κ2) is 10.2. The number of rotatable bonds is 6. The number of benzene rings is 1. The quantitative estimate of drug-likeness (QED) is 0.609. The van der Waals surface area contributed by atoms with Crippen LogP contribution in [0.2, 0.25) is 0 Å². The predicted octanol–water partition coefficient (Wildman–Crippen LogP) is 5.60. The van der Waals surface area contributed by atoms with Gasteiger partial charge in [0.15, 0.2) is 0 Å². The second-order valence-electron chi connectivity index (χ2n) is 9.59. The number of carbonyl (C=O) groups is 1. The number of halogens is 2. The second-order valence-corrected chi connectivity index (χ2v) is 9.59. The molecule has 2 aliphatic carbocycles. The molecule has 0 saturated heterocycles. The lowest BCUT2D eigenvalue weighted by molar-refractivity contribution is 0.0662. The highest BCUT2D eigenvalue weighted by Crippen LogP contribution is 2.33. The minimum atomic E-state index is -0.498. The highest BCUT2D eigenvalue weighted by atomic mass is 19.1. The number of hydrogen-bond donors (Lipinski definition) is 2. The number of hydrogen-bond acceptors (Lipinski definition) is 2. The fourth-order valence-corrected chi connectivity index (χ4v) is 5.40. The summed E-state index contributed by atoms with van der Waals surface area (Å²) in [5.41, 5.74) is 2.00. The van der Waals surface area contributed by atoms with Crippen LogP contribution in [-0.4, -0.2) is 28.2 Å². The molecule has 174 valence electrons. The third-order valence-electron chi connectivity index (χ3n) is 7.37. The van der Waals surface area contributed by atoms with E-state index in [0.29, 0.717) is 30.3 Å². The molecule has 4 rings (SSSR count). The van der Waals surface area contributed by atoms with Crippen molar-refractivity contribution in [1.29, 1.82) is 0 Å². The summed E-state index contributed by atoms with van der Waals surface area (Å²) in [4.78, 5) is 13.1. The van der Waals surface area contributed by atoms with Crippen LogP contribution in [0.3, 0.4) is 0 Å². The van der Waals surface area contributed by atoms with E-state index in [2.05, 4.69) is 5.32 Å². The number of aliphatic hydroxyl groups is 1. The Balaban J connectivity index is 1.62. The standard InChI is InChI=1S/C26H34F2N2O2/c1-17-21(26(32)29-15-19-9-5-6-10-25(19)31)14-24(22-13-20(27)11-12-23(22)28)30(17)16-18-7-3-2-4-8-18/h11-14,18-19,25,31H,2-10,15-16H2,1H3,(H,29,32). The average Bonchev–Trinajstić information content (AvgIpc) is 3.11. The zero-order chi connectivity index (χ0) is 22.7. The van der Waals surface area contributed by atoms with Crippen molar-refractivity contribution in [2.45, 2.75) is 77.4 Å². The lowest BCUT2D eigenvalue weighted by Crippen LogP contribution is -2.36. The Morgan fingerprint density at radius 1 is 1.06 bits per heavy atom. The van der Waals surface area contributed by atoms with Crippen molar-refractivity contribution in [3.8, 4) is 11.3 Å². The van der Waals surface area contributed by atoms with E-state index in [1.54, 1.807) is 6.07 Å². The van der Waals surface area contributed by atoms with Gasteiger partial charge in [0.05, 0.1) is 17.4 Å². The molecule has 0 radical (unpaired) electrons. The maximum Gasteiger partial charge on any atom is 0.253 e. The zero-order valence-electron chi connectivity index (χ0n) is 18.9. The van der Waals surface area contributed by atoms with Crippen LogP contribution < -0.4 is 5.32 Å². The summed E-state index contributed by atoms with van der Waals surface area (Å²) in [6.07, 6.45) is 9.24. The van der Waals surface area contributed by atoms with E-state index in [1.807, 2.05) is 11.5 Å². The van der Waals surface area contributed by atoms with E-state index < -0.39 is 11.6 Å². The van der Waals surface area contributed by atoms with Crippen molar-refractivity contribution in [3.05, 3.63) is 47.2 Å².